The maximum Gasteiger partial charge on any atom is 0.305 e. The van der Waals surface area contributed by atoms with E-state index in [2.05, 4.69) is 5.32 Å². The molecule has 1 saturated carbocycles. The van der Waals surface area contributed by atoms with Gasteiger partial charge in [-0.25, -0.2) is 0 Å². The van der Waals surface area contributed by atoms with E-state index < -0.39 is 5.97 Å². The number of hydrogen-bond donors (Lipinski definition) is 2. The van der Waals surface area contributed by atoms with Gasteiger partial charge in [0, 0.05) is 18.3 Å². The van der Waals surface area contributed by atoms with Crippen LogP contribution in [0.4, 0.5) is 0 Å². The van der Waals surface area contributed by atoms with Gasteiger partial charge in [-0.05, 0) is 31.4 Å². The van der Waals surface area contributed by atoms with E-state index >= 15 is 0 Å². The molecule has 2 rings (SSSR count). The second-order valence-electron chi connectivity index (χ2n) is 4.71. The molecular formula is C13H18N2O3. The molecule has 1 amide bonds. The van der Waals surface area contributed by atoms with Crippen molar-refractivity contribution in [3.63, 3.8) is 0 Å². The van der Waals surface area contributed by atoms with Crippen molar-refractivity contribution in [1.29, 1.82) is 0 Å². The van der Waals surface area contributed by atoms with Crippen molar-refractivity contribution in [2.24, 2.45) is 0 Å². The van der Waals surface area contributed by atoms with Crippen LogP contribution in [0.3, 0.4) is 0 Å². The molecular weight excluding hydrogens is 232 g/mol. The fourth-order valence-corrected chi connectivity index (χ4v) is 2.02. The average Bonchev–Trinajstić information content (AvgIpc) is 3.05. The molecule has 1 aromatic rings. The summed E-state index contributed by atoms with van der Waals surface area (Å²) in [5.74, 6) is -1.07. The Bertz CT molecular complexity index is 449. The highest BCUT2D eigenvalue weighted by atomic mass is 16.4. The zero-order valence-corrected chi connectivity index (χ0v) is 10.4. The van der Waals surface area contributed by atoms with E-state index in [0.717, 1.165) is 12.8 Å². The normalized spacial score (nSPS) is 16.3. The van der Waals surface area contributed by atoms with Crippen molar-refractivity contribution >= 4 is 11.9 Å². The number of carboxylic acid groups (broad SMARTS) is 1. The summed E-state index contributed by atoms with van der Waals surface area (Å²) < 4.78 is 1.98. The third-order valence-corrected chi connectivity index (χ3v) is 3.20. The molecule has 98 valence electrons. The van der Waals surface area contributed by atoms with E-state index in [1.165, 1.54) is 0 Å². The largest absolute Gasteiger partial charge is 0.481 e. The monoisotopic (exact) mass is 250 g/mol. The zero-order valence-electron chi connectivity index (χ0n) is 10.4. The van der Waals surface area contributed by atoms with Gasteiger partial charge in [-0.1, -0.05) is 6.92 Å². The highest BCUT2D eigenvalue weighted by Gasteiger charge is 2.27. The molecule has 1 aromatic heterocycles. The number of carbonyl (C=O) groups excluding carboxylic acids is 1. The SMILES string of the molecule is CCC(CC(=O)O)NC(=O)c1cccn1C1CC1. The van der Waals surface area contributed by atoms with E-state index in [9.17, 15) is 9.59 Å². The Balaban J connectivity index is 2.01. The number of aliphatic carboxylic acids is 1. The molecule has 1 aliphatic carbocycles. The van der Waals surface area contributed by atoms with Crippen molar-refractivity contribution in [3.8, 4) is 0 Å². The predicted octanol–water partition coefficient (Wildman–Crippen LogP) is 1.81. The first kappa shape index (κ1) is 12.7. The summed E-state index contributed by atoms with van der Waals surface area (Å²) in [5.41, 5.74) is 0.626. The van der Waals surface area contributed by atoms with Crippen LogP contribution in [0.25, 0.3) is 0 Å². The Morgan fingerprint density at radius 2 is 2.28 bits per heavy atom. The van der Waals surface area contributed by atoms with Crippen LogP contribution in [-0.2, 0) is 4.79 Å². The van der Waals surface area contributed by atoms with Crippen LogP contribution in [-0.4, -0.2) is 27.6 Å². The van der Waals surface area contributed by atoms with Gasteiger partial charge in [-0.15, -0.1) is 0 Å². The topological polar surface area (TPSA) is 71.3 Å². The third kappa shape index (κ3) is 2.91. The highest BCUT2D eigenvalue weighted by Crippen LogP contribution is 2.35. The van der Waals surface area contributed by atoms with E-state index in [1.54, 1.807) is 6.07 Å². The average molecular weight is 250 g/mol. The van der Waals surface area contributed by atoms with Crippen LogP contribution in [0.5, 0.6) is 0 Å². The second-order valence-corrected chi connectivity index (χ2v) is 4.71. The van der Waals surface area contributed by atoms with Gasteiger partial charge in [0.15, 0.2) is 0 Å². The molecule has 5 heteroatoms. The molecule has 5 nitrogen and oxygen atoms in total. The van der Waals surface area contributed by atoms with Gasteiger partial charge in [-0.3, -0.25) is 9.59 Å². The van der Waals surface area contributed by atoms with Crippen LogP contribution >= 0.6 is 0 Å². The number of amides is 1. The lowest BCUT2D eigenvalue weighted by molar-refractivity contribution is -0.137. The van der Waals surface area contributed by atoms with Gasteiger partial charge >= 0.3 is 5.97 Å². The van der Waals surface area contributed by atoms with Gasteiger partial charge in [0.1, 0.15) is 5.69 Å². The Hall–Kier alpha value is -1.78. The first-order valence-electron chi connectivity index (χ1n) is 6.31. The van der Waals surface area contributed by atoms with Gasteiger partial charge in [0.25, 0.3) is 5.91 Å². The van der Waals surface area contributed by atoms with E-state index in [1.807, 2.05) is 23.8 Å². The molecule has 1 fully saturated rings. The molecule has 2 N–H and O–H groups in total. The first-order valence-corrected chi connectivity index (χ1v) is 6.31. The van der Waals surface area contributed by atoms with Crippen molar-refractivity contribution in [1.82, 2.24) is 9.88 Å². The lowest BCUT2D eigenvalue weighted by Gasteiger charge is -2.15. The first-order chi connectivity index (χ1) is 8.61. The van der Waals surface area contributed by atoms with Gasteiger partial charge in [0.05, 0.1) is 6.42 Å². The molecule has 1 atom stereocenters. The third-order valence-electron chi connectivity index (χ3n) is 3.20. The minimum Gasteiger partial charge on any atom is -0.481 e. The van der Waals surface area contributed by atoms with Gasteiger partial charge < -0.3 is 15.0 Å². The van der Waals surface area contributed by atoms with Crippen molar-refractivity contribution in [3.05, 3.63) is 24.0 Å². The minimum absolute atomic E-state index is 0.0353. The van der Waals surface area contributed by atoms with Crippen LogP contribution in [0.2, 0.25) is 0 Å². The van der Waals surface area contributed by atoms with E-state index in [-0.39, 0.29) is 18.4 Å². The fraction of sp³-hybridized carbons (Fsp3) is 0.538. The van der Waals surface area contributed by atoms with Crippen LogP contribution < -0.4 is 5.32 Å². The number of rotatable bonds is 6. The maximum atomic E-state index is 12.1. The number of nitrogens with zero attached hydrogens (tertiary/aromatic N) is 1. The zero-order chi connectivity index (χ0) is 13.1. The van der Waals surface area contributed by atoms with Crippen molar-refractivity contribution in [2.75, 3.05) is 0 Å². The lowest BCUT2D eigenvalue weighted by Crippen LogP contribution is -2.37. The summed E-state index contributed by atoms with van der Waals surface area (Å²) >= 11 is 0. The molecule has 1 unspecified atom stereocenters. The lowest BCUT2D eigenvalue weighted by atomic mass is 10.1. The maximum absolute atomic E-state index is 12.1. The van der Waals surface area contributed by atoms with Crippen LogP contribution in [0.1, 0.15) is 49.1 Å². The van der Waals surface area contributed by atoms with E-state index in [4.69, 9.17) is 5.11 Å². The Morgan fingerprint density at radius 3 is 2.83 bits per heavy atom. The smallest absolute Gasteiger partial charge is 0.305 e. The van der Waals surface area contributed by atoms with Gasteiger partial charge in [-0.2, -0.15) is 0 Å². The summed E-state index contributed by atoms with van der Waals surface area (Å²) in [6, 6.07) is 3.77. The Morgan fingerprint density at radius 1 is 1.56 bits per heavy atom. The standard InChI is InChI=1S/C13H18N2O3/c1-2-9(8-12(16)17)14-13(18)11-4-3-7-15(11)10-5-6-10/h3-4,7,9-10H,2,5-6,8H2,1H3,(H,14,18)(H,16,17). The number of carbonyl (C=O) groups is 2. The number of aromatic nitrogens is 1. The number of carboxylic acids is 1. The summed E-state index contributed by atoms with van der Waals surface area (Å²) in [6.45, 7) is 1.87. The molecule has 0 aliphatic heterocycles. The molecule has 18 heavy (non-hydrogen) atoms. The van der Waals surface area contributed by atoms with Crippen LogP contribution in [0.15, 0.2) is 18.3 Å². The van der Waals surface area contributed by atoms with Crippen molar-refractivity contribution in [2.45, 2.75) is 44.7 Å². The molecule has 0 aromatic carbocycles. The minimum atomic E-state index is -0.889. The molecule has 0 saturated heterocycles. The second kappa shape index (κ2) is 5.25. The quantitative estimate of drug-likeness (QED) is 0.808. The molecule has 1 aliphatic rings. The molecule has 0 bridgehead atoms. The fourth-order valence-electron chi connectivity index (χ4n) is 2.02. The van der Waals surface area contributed by atoms with Crippen LogP contribution in [0, 0.1) is 0 Å². The predicted molar refractivity (Wildman–Crippen MR) is 66.5 cm³/mol. The summed E-state index contributed by atoms with van der Waals surface area (Å²) in [6.07, 6.45) is 4.71. The van der Waals surface area contributed by atoms with E-state index in [0.29, 0.717) is 18.2 Å². The highest BCUT2D eigenvalue weighted by molar-refractivity contribution is 5.93. The Kier molecular flexibility index (Phi) is 3.69. The van der Waals surface area contributed by atoms with Gasteiger partial charge in [0.2, 0.25) is 0 Å². The number of hydrogen-bond acceptors (Lipinski definition) is 2. The molecule has 0 spiro atoms. The Labute approximate surface area is 106 Å². The summed E-state index contributed by atoms with van der Waals surface area (Å²) in [7, 11) is 0. The number of nitrogens with one attached hydrogen (secondary N) is 1. The van der Waals surface area contributed by atoms with Crippen molar-refractivity contribution < 1.29 is 14.7 Å². The molecule has 0 radical (unpaired) electrons. The molecule has 1 heterocycles. The summed E-state index contributed by atoms with van der Waals surface area (Å²) in [4.78, 5) is 22.8. The summed E-state index contributed by atoms with van der Waals surface area (Å²) in [5, 5.41) is 11.5.